The average Bonchev–Trinajstić information content (AvgIpc) is 2.40. The number of rotatable bonds is 3. The molecule has 20 heavy (non-hydrogen) atoms. The third-order valence-electron chi connectivity index (χ3n) is 2.49. The largest absolute Gasteiger partial charge is 0.454 e. The van der Waals surface area contributed by atoms with E-state index in [9.17, 15) is 17.6 Å². The van der Waals surface area contributed by atoms with Gasteiger partial charge >= 0.3 is 6.18 Å². The van der Waals surface area contributed by atoms with Gasteiger partial charge in [-0.05, 0) is 30.3 Å². The molecule has 0 aliphatic heterocycles. The number of alkyl halides is 3. The SMILES string of the molecule is NNc1ccc(Oc2cccc(C(F)(F)F)c2)c(F)c1. The number of ether oxygens (including phenoxy) is 1. The molecule has 0 unspecified atom stereocenters. The van der Waals surface area contributed by atoms with E-state index in [2.05, 4.69) is 5.43 Å². The van der Waals surface area contributed by atoms with Crippen molar-refractivity contribution < 1.29 is 22.3 Å². The molecule has 7 heteroatoms. The van der Waals surface area contributed by atoms with E-state index in [1.807, 2.05) is 0 Å². The van der Waals surface area contributed by atoms with Crippen LogP contribution in [0.5, 0.6) is 11.5 Å². The second-order valence-corrected chi connectivity index (χ2v) is 3.92. The number of benzene rings is 2. The number of hydrazine groups is 1. The second kappa shape index (κ2) is 5.38. The molecule has 3 N–H and O–H groups in total. The van der Waals surface area contributed by atoms with Crippen LogP contribution in [0.25, 0.3) is 0 Å². The fourth-order valence-corrected chi connectivity index (χ4v) is 1.54. The van der Waals surface area contributed by atoms with Gasteiger partial charge in [0.15, 0.2) is 11.6 Å². The quantitative estimate of drug-likeness (QED) is 0.510. The van der Waals surface area contributed by atoms with Crippen LogP contribution >= 0.6 is 0 Å². The molecule has 0 amide bonds. The standard InChI is InChI=1S/C13H10F4N2O/c14-11-7-9(19-18)4-5-12(11)20-10-3-1-2-8(6-10)13(15,16)17/h1-7,19H,18H2. The van der Waals surface area contributed by atoms with E-state index in [-0.39, 0.29) is 11.5 Å². The number of hydrogen-bond donors (Lipinski definition) is 2. The Kier molecular flexibility index (Phi) is 3.80. The molecule has 0 saturated carbocycles. The average molecular weight is 286 g/mol. The predicted octanol–water partition coefficient (Wildman–Crippen LogP) is 3.92. The Balaban J connectivity index is 2.26. The van der Waals surface area contributed by atoms with Gasteiger partial charge in [0.1, 0.15) is 5.75 Å². The van der Waals surface area contributed by atoms with E-state index < -0.39 is 17.6 Å². The molecule has 0 saturated heterocycles. The third-order valence-corrected chi connectivity index (χ3v) is 2.49. The van der Waals surface area contributed by atoms with Crippen LogP contribution in [-0.4, -0.2) is 0 Å². The molecular weight excluding hydrogens is 276 g/mol. The molecule has 106 valence electrons. The molecular formula is C13H10F4N2O. The highest BCUT2D eigenvalue weighted by molar-refractivity contribution is 5.47. The Morgan fingerprint density at radius 1 is 1.05 bits per heavy atom. The highest BCUT2D eigenvalue weighted by Gasteiger charge is 2.30. The van der Waals surface area contributed by atoms with Gasteiger partial charge in [0, 0.05) is 6.07 Å². The van der Waals surface area contributed by atoms with Crippen LogP contribution in [0, 0.1) is 5.82 Å². The molecule has 0 heterocycles. The van der Waals surface area contributed by atoms with E-state index in [1.54, 1.807) is 0 Å². The van der Waals surface area contributed by atoms with Crippen molar-refractivity contribution >= 4 is 5.69 Å². The summed E-state index contributed by atoms with van der Waals surface area (Å²) in [5.41, 5.74) is 1.70. The number of nitrogen functional groups attached to an aromatic ring is 1. The van der Waals surface area contributed by atoms with Gasteiger partial charge in [-0.1, -0.05) is 6.07 Å². The van der Waals surface area contributed by atoms with Crippen LogP contribution < -0.4 is 16.0 Å². The summed E-state index contributed by atoms with van der Waals surface area (Å²) in [7, 11) is 0. The maximum atomic E-state index is 13.6. The van der Waals surface area contributed by atoms with Gasteiger partial charge in [0.2, 0.25) is 0 Å². The molecule has 0 aromatic heterocycles. The summed E-state index contributed by atoms with van der Waals surface area (Å²) >= 11 is 0. The van der Waals surface area contributed by atoms with Crippen LogP contribution in [-0.2, 0) is 6.18 Å². The van der Waals surface area contributed by atoms with Crippen LogP contribution in [0.4, 0.5) is 23.2 Å². The van der Waals surface area contributed by atoms with E-state index in [1.165, 1.54) is 24.3 Å². The van der Waals surface area contributed by atoms with Gasteiger partial charge in [0.25, 0.3) is 0 Å². The van der Waals surface area contributed by atoms with Crippen molar-refractivity contribution in [1.82, 2.24) is 0 Å². The summed E-state index contributed by atoms with van der Waals surface area (Å²) in [5.74, 6) is 4.07. The molecule has 0 fully saturated rings. The second-order valence-electron chi connectivity index (χ2n) is 3.92. The van der Waals surface area contributed by atoms with Crippen molar-refractivity contribution in [3.05, 3.63) is 53.8 Å². The first-order chi connectivity index (χ1) is 9.40. The van der Waals surface area contributed by atoms with Crippen molar-refractivity contribution in [1.29, 1.82) is 0 Å². The zero-order valence-corrected chi connectivity index (χ0v) is 10.0. The predicted molar refractivity (Wildman–Crippen MR) is 65.7 cm³/mol. The Morgan fingerprint density at radius 3 is 2.40 bits per heavy atom. The Bertz CT molecular complexity index is 614. The zero-order chi connectivity index (χ0) is 14.8. The first kappa shape index (κ1) is 14.1. The molecule has 0 aliphatic carbocycles. The summed E-state index contributed by atoms with van der Waals surface area (Å²) in [5, 5.41) is 0. The van der Waals surface area contributed by atoms with E-state index in [0.717, 1.165) is 18.2 Å². The third kappa shape index (κ3) is 3.18. The lowest BCUT2D eigenvalue weighted by molar-refractivity contribution is -0.137. The van der Waals surface area contributed by atoms with Crippen LogP contribution in [0.15, 0.2) is 42.5 Å². The highest BCUT2D eigenvalue weighted by atomic mass is 19.4. The fraction of sp³-hybridized carbons (Fsp3) is 0.0769. The number of nitrogens with two attached hydrogens (primary N) is 1. The Labute approximate surface area is 111 Å². The first-order valence-corrected chi connectivity index (χ1v) is 5.51. The van der Waals surface area contributed by atoms with Crippen LogP contribution in [0.1, 0.15) is 5.56 Å². The summed E-state index contributed by atoms with van der Waals surface area (Å²) in [4.78, 5) is 0. The van der Waals surface area contributed by atoms with Gasteiger partial charge in [0.05, 0.1) is 11.3 Å². The molecule has 2 rings (SSSR count). The Morgan fingerprint density at radius 2 is 1.80 bits per heavy atom. The maximum absolute atomic E-state index is 13.6. The van der Waals surface area contributed by atoms with Crippen molar-refractivity contribution in [3.63, 3.8) is 0 Å². The number of halogens is 4. The summed E-state index contributed by atoms with van der Waals surface area (Å²) in [6, 6.07) is 7.98. The van der Waals surface area contributed by atoms with Gasteiger partial charge < -0.3 is 10.2 Å². The lowest BCUT2D eigenvalue weighted by atomic mass is 10.2. The number of hydrogen-bond acceptors (Lipinski definition) is 3. The zero-order valence-electron chi connectivity index (χ0n) is 10.0. The highest BCUT2D eigenvalue weighted by Crippen LogP contribution is 2.33. The normalized spacial score (nSPS) is 11.2. The minimum atomic E-state index is -4.48. The van der Waals surface area contributed by atoms with Gasteiger partial charge in [-0.3, -0.25) is 5.84 Å². The lowest BCUT2D eigenvalue weighted by Crippen LogP contribution is -2.07. The monoisotopic (exact) mass is 286 g/mol. The molecule has 2 aromatic carbocycles. The van der Waals surface area contributed by atoms with E-state index in [4.69, 9.17) is 10.6 Å². The number of nitrogens with one attached hydrogen (secondary N) is 1. The topological polar surface area (TPSA) is 47.3 Å². The minimum Gasteiger partial charge on any atom is -0.454 e. The Hall–Kier alpha value is -2.28. The van der Waals surface area contributed by atoms with Gasteiger partial charge in [-0.2, -0.15) is 13.2 Å². The molecule has 0 aliphatic rings. The fourth-order valence-electron chi connectivity index (χ4n) is 1.54. The molecule has 0 bridgehead atoms. The molecule has 0 radical (unpaired) electrons. The minimum absolute atomic E-state index is 0.104. The van der Waals surface area contributed by atoms with Crippen molar-refractivity contribution in [2.45, 2.75) is 6.18 Å². The van der Waals surface area contributed by atoms with Gasteiger partial charge in [-0.15, -0.1) is 0 Å². The van der Waals surface area contributed by atoms with Crippen molar-refractivity contribution in [2.75, 3.05) is 5.43 Å². The van der Waals surface area contributed by atoms with E-state index >= 15 is 0 Å². The molecule has 0 spiro atoms. The maximum Gasteiger partial charge on any atom is 0.416 e. The van der Waals surface area contributed by atoms with Gasteiger partial charge in [-0.25, -0.2) is 4.39 Å². The first-order valence-electron chi connectivity index (χ1n) is 5.51. The summed E-state index contributed by atoms with van der Waals surface area (Å²) in [6.45, 7) is 0. The van der Waals surface area contributed by atoms with E-state index in [0.29, 0.717) is 5.69 Å². The lowest BCUT2D eigenvalue weighted by Gasteiger charge is -2.11. The van der Waals surface area contributed by atoms with Crippen molar-refractivity contribution in [2.24, 2.45) is 5.84 Å². The summed E-state index contributed by atoms with van der Waals surface area (Å²) < 4.78 is 56.3. The van der Waals surface area contributed by atoms with Crippen LogP contribution in [0.3, 0.4) is 0 Å². The van der Waals surface area contributed by atoms with Crippen LogP contribution in [0.2, 0.25) is 0 Å². The molecule has 3 nitrogen and oxygen atoms in total. The molecule has 2 aromatic rings. The summed E-state index contributed by atoms with van der Waals surface area (Å²) in [6.07, 6.45) is -4.48. The smallest absolute Gasteiger partial charge is 0.416 e. The molecule has 0 atom stereocenters. The number of anilines is 1. The van der Waals surface area contributed by atoms with Crippen molar-refractivity contribution in [3.8, 4) is 11.5 Å².